The van der Waals surface area contributed by atoms with Crippen molar-refractivity contribution < 1.29 is 9.72 Å². The van der Waals surface area contributed by atoms with Gasteiger partial charge >= 0.3 is 0 Å². The van der Waals surface area contributed by atoms with E-state index in [2.05, 4.69) is 5.32 Å². The lowest BCUT2D eigenvalue weighted by Crippen LogP contribution is -2.32. The second-order valence-corrected chi connectivity index (χ2v) is 5.20. The summed E-state index contributed by atoms with van der Waals surface area (Å²) in [5, 5.41) is 13.7. The number of carbonyl (C=O) groups excluding carboxylic acids is 1. The highest BCUT2D eigenvalue weighted by atomic mass is 16.6. The van der Waals surface area contributed by atoms with E-state index < -0.39 is 4.92 Å². The van der Waals surface area contributed by atoms with E-state index in [0.717, 1.165) is 19.3 Å². The van der Waals surface area contributed by atoms with Crippen LogP contribution in [0.3, 0.4) is 0 Å². The first kappa shape index (κ1) is 14.5. The molecule has 0 spiro atoms. The van der Waals surface area contributed by atoms with Gasteiger partial charge in [0.2, 0.25) is 5.91 Å². The van der Waals surface area contributed by atoms with Crippen molar-refractivity contribution in [2.45, 2.75) is 31.7 Å². The Morgan fingerprint density at radius 3 is 2.80 bits per heavy atom. The Bertz CT molecular complexity index is 504. The molecule has 20 heavy (non-hydrogen) atoms. The molecule has 1 saturated carbocycles. The summed E-state index contributed by atoms with van der Waals surface area (Å²) in [6, 6.07) is 6.73. The quantitative estimate of drug-likeness (QED) is 0.627. The topological polar surface area (TPSA) is 98.3 Å². The van der Waals surface area contributed by atoms with Gasteiger partial charge in [-0.15, -0.1) is 0 Å². The molecule has 2 unspecified atom stereocenters. The van der Waals surface area contributed by atoms with Gasteiger partial charge in [0.25, 0.3) is 5.69 Å². The SMILES string of the molecule is NC1CCC(C(=O)NCCc2ccccc2[N+](=O)[O-])C1. The van der Waals surface area contributed by atoms with Crippen LogP contribution in [0.1, 0.15) is 24.8 Å². The van der Waals surface area contributed by atoms with Gasteiger partial charge in [-0.1, -0.05) is 18.2 Å². The number of nitrogens with two attached hydrogens (primary N) is 1. The van der Waals surface area contributed by atoms with E-state index in [1.165, 1.54) is 6.07 Å². The Labute approximate surface area is 117 Å². The monoisotopic (exact) mass is 277 g/mol. The predicted octanol–water partition coefficient (Wildman–Crippen LogP) is 1.38. The number of nitrogens with zero attached hydrogens (tertiary/aromatic N) is 1. The van der Waals surface area contributed by atoms with Crippen LogP contribution in [-0.4, -0.2) is 23.4 Å². The van der Waals surface area contributed by atoms with Crippen molar-refractivity contribution in [3.05, 3.63) is 39.9 Å². The minimum absolute atomic E-state index is 0.00393. The highest BCUT2D eigenvalue weighted by Crippen LogP contribution is 2.24. The summed E-state index contributed by atoms with van der Waals surface area (Å²) in [5.74, 6) is 0.00675. The second-order valence-electron chi connectivity index (χ2n) is 5.20. The highest BCUT2D eigenvalue weighted by Gasteiger charge is 2.27. The Hall–Kier alpha value is -1.95. The van der Waals surface area contributed by atoms with E-state index in [-0.39, 0.29) is 23.6 Å². The summed E-state index contributed by atoms with van der Waals surface area (Å²) in [6.45, 7) is 0.412. The molecule has 0 saturated heterocycles. The van der Waals surface area contributed by atoms with Gasteiger partial charge in [0.05, 0.1) is 4.92 Å². The number of hydrogen-bond acceptors (Lipinski definition) is 4. The molecule has 0 radical (unpaired) electrons. The first-order valence-corrected chi connectivity index (χ1v) is 6.83. The Morgan fingerprint density at radius 1 is 1.40 bits per heavy atom. The van der Waals surface area contributed by atoms with Crippen molar-refractivity contribution in [2.75, 3.05) is 6.54 Å². The van der Waals surface area contributed by atoms with Crippen molar-refractivity contribution >= 4 is 11.6 Å². The molecule has 3 N–H and O–H groups in total. The zero-order valence-electron chi connectivity index (χ0n) is 11.2. The first-order chi connectivity index (χ1) is 9.58. The summed E-state index contributed by atoms with van der Waals surface area (Å²) < 4.78 is 0. The third-order valence-corrected chi connectivity index (χ3v) is 3.73. The second kappa shape index (κ2) is 6.47. The third kappa shape index (κ3) is 3.54. The number of nitro groups is 1. The van der Waals surface area contributed by atoms with Crippen LogP contribution in [0.4, 0.5) is 5.69 Å². The minimum atomic E-state index is -0.396. The molecule has 1 amide bonds. The fourth-order valence-corrected chi connectivity index (χ4v) is 2.62. The van der Waals surface area contributed by atoms with Crippen LogP contribution in [-0.2, 0) is 11.2 Å². The maximum Gasteiger partial charge on any atom is 0.272 e. The Morgan fingerprint density at radius 2 is 2.15 bits per heavy atom. The molecule has 6 heteroatoms. The predicted molar refractivity (Wildman–Crippen MR) is 75.1 cm³/mol. The van der Waals surface area contributed by atoms with E-state index in [1.807, 2.05) is 0 Å². The number of nitrogens with one attached hydrogen (secondary N) is 1. The molecule has 1 fully saturated rings. The average molecular weight is 277 g/mol. The smallest absolute Gasteiger partial charge is 0.272 e. The molecule has 1 aliphatic carbocycles. The van der Waals surface area contributed by atoms with Crippen LogP contribution >= 0.6 is 0 Å². The van der Waals surface area contributed by atoms with Crippen LogP contribution in [0.2, 0.25) is 0 Å². The fourth-order valence-electron chi connectivity index (χ4n) is 2.62. The fraction of sp³-hybridized carbons (Fsp3) is 0.500. The molecule has 0 aromatic heterocycles. The number of carbonyl (C=O) groups is 1. The zero-order chi connectivity index (χ0) is 14.5. The number of benzene rings is 1. The van der Waals surface area contributed by atoms with Crippen molar-refractivity contribution in [3.63, 3.8) is 0 Å². The lowest BCUT2D eigenvalue weighted by Gasteiger charge is -2.10. The standard InChI is InChI=1S/C14H19N3O3/c15-12-6-5-11(9-12)14(18)16-8-7-10-3-1-2-4-13(10)17(19)20/h1-4,11-12H,5-9,15H2,(H,16,18). The van der Waals surface area contributed by atoms with Crippen LogP contribution in [0.25, 0.3) is 0 Å². The summed E-state index contributed by atoms with van der Waals surface area (Å²) in [4.78, 5) is 22.4. The molecule has 1 aromatic carbocycles. The van der Waals surface area contributed by atoms with Gasteiger partial charge in [-0.3, -0.25) is 14.9 Å². The molecule has 0 heterocycles. The summed E-state index contributed by atoms with van der Waals surface area (Å²) in [5.41, 5.74) is 6.52. The van der Waals surface area contributed by atoms with Gasteiger partial charge < -0.3 is 11.1 Å². The molecule has 0 aliphatic heterocycles. The van der Waals surface area contributed by atoms with Crippen molar-refractivity contribution in [1.29, 1.82) is 0 Å². The number of rotatable bonds is 5. The molecule has 1 aliphatic rings. The normalized spacial score (nSPS) is 21.6. The number of hydrogen-bond donors (Lipinski definition) is 2. The summed E-state index contributed by atoms with van der Waals surface area (Å²) in [7, 11) is 0. The molecule has 108 valence electrons. The van der Waals surface area contributed by atoms with Crippen LogP contribution in [0.15, 0.2) is 24.3 Å². The third-order valence-electron chi connectivity index (χ3n) is 3.73. The van der Waals surface area contributed by atoms with Crippen LogP contribution < -0.4 is 11.1 Å². The van der Waals surface area contributed by atoms with Gasteiger partial charge in [0.1, 0.15) is 0 Å². The Kier molecular flexibility index (Phi) is 4.68. The lowest BCUT2D eigenvalue weighted by atomic mass is 10.1. The molecule has 6 nitrogen and oxygen atoms in total. The average Bonchev–Trinajstić information content (AvgIpc) is 2.86. The molecule has 1 aromatic rings. The number of amides is 1. The summed E-state index contributed by atoms with van der Waals surface area (Å²) >= 11 is 0. The van der Waals surface area contributed by atoms with E-state index in [4.69, 9.17) is 5.73 Å². The largest absolute Gasteiger partial charge is 0.356 e. The first-order valence-electron chi connectivity index (χ1n) is 6.83. The van der Waals surface area contributed by atoms with E-state index in [0.29, 0.717) is 18.5 Å². The molecule has 0 bridgehead atoms. The van der Waals surface area contributed by atoms with Gasteiger partial charge in [0.15, 0.2) is 0 Å². The van der Waals surface area contributed by atoms with E-state index in [1.54, 1.807) is 18.2 Å². The van der Waals surface area contributed by atoms with Crippen molar-refractivity contribution in [2.24, 2.45) is 11.7 Å². The zero-order valence-corrected chi connectivity index (χ0v) is 11.2. The maximum absolute atomic E-state index is 11.9. The van der Waals surface area contributed by atoms with Crippen LogP contribution in [0.5, 0.6) is 0 Å². The Balaban J connectivity index is 1.84. The van der Waals surface area contributed by atoms with E-state index in [9.17, 15) is 14.9 Å². The number of nitro benzene ring substituents is 1. The molecule has 2 atom stereocenters. The summed E-state index contributed by atoms with van der Waals surface area (Å²) in [6.07, 6.45) is 2.92. The van der Waals surface area contributed by atoms with Gasteiger partial charge in [0, 0.05) is 30.1 Å². The highest BCUT2D eigenvalue weighted by molar-refractivity contribution is 5.79. The van der Waals surface area contributed by atoms with Crippen molar-refractivity contribution in [3.8, 4) is 0 Å². The van der Waals surface area contributed by atoms with Crippen LogP contribution in [0, 0.1) is 16.0 Å². The maximum atomic E-state index is 11.9. The minimum Gasteiger partial charge on any atom is -0.356 e. The van der Waals surface area contributed by atoms with Gasteiger partial charge in [-0.05, 0) is 25.7 Å². The van der Waals surface area contributed by atoms with Gasteiger partial charge in [-0.25, -0.2) is 0 Å². The van der Waals surface area contributed by atoms with Crippen molar-refractivity contribution in [1.82, 2.24) is 5.32 Å². The molecular formula is C14H19N3O3. The molecule has 2 rings (SSSR count). The number of para-hydroxylation sites is 1. The van der Waals surface area contributed by atoms with E-state index >= 15 is 0 Å². The lowest BCUT2D eigenvalue weighted by molar-refractivity contribution is -0.385. The molecular weight excluding hydrogens is 258 g/mol. The van der Waals surface area contributed by atoms with Gasteiger partial charge in [-0.2, -0.15) is 0 Å².